The number of nitrogens with zero attached hydrogens (tertiary/aromatic N) is 1. The maximum absolute atomic E-state index is 11.9. The molecule has 17 heavy (non-hydrogen) atoms. The fraction of sp³-hybridized carbons (Fsp3) is 0.462. The molecule has 3 nitrogen and oxygen atoms in total. The molecular formula is C13H17ClN2O. The van der Waals surface area contributed by atoms with E-state index in [0.29, 0.717) is 6.42 Å². The zero-order valence-electron chi connectivity index (χ0n) is 10.2. The third-order valence-electron chi connectivity index (χ3n) is 3.33. The van der Waals surface area contributed by atoms with Crippen LogP contribution < -0.4 is 10.2 Å². The van der Waals surface area contributed by atoms with Gasteiger partial charge in [0.05, 0.1) is 0 Å². The second-order valence-corrected chi connectivity index (χ2v) is 4.89. The van der Waals surface area contributed by atoms with Crippen LogP contribution >= 0.6 is 11.6 Å². The molecule has 2 rings (SSSR count). The third kappa shape index (κ3) is 2.45. The average Bonchev–Trinajstić information content (AvgIpc) is 2.32. The third-order valence-corrected chi connectivity index (χ3v) is 3.56. The Balaban J connectivity index is 2.35. The Morgan fingerprint density at radius 3 is 3.00 bits per heavy atom. The number of amides is 1. The molecule has 0 fully saturated rings. The van der Waals surface area contributed by atoms with Gasteiger partial charge in [-0.05, 0) is 49.7 Å². The predicted octanol–water partition coefficient (Wildman–Crippen LogP) is 2.40. The summed E-state index contributed by atoms with van der Waals surface area (Å²) in [5.41, 5.74) is 2.18. The van der Waals surface area contributed by atoms with Crippen LogP contribution in [0.15, 0.2) is 18.2 Å². The highest BCUT2D eigenvalue weighted by molar-refractivity contribution is 6.30. The van der Waals surface area contributed by atoms with Gasteiger partial charge in [-0.25, -0.2) is 0 Å². The summed E-state index contributed by atoms with van der Waals surface area (Å²) in [6.07, 6.45) is 1.54. The van der Waals surface area contributed by atoms with Crippen molar-refractivity contribution < 1.29 is 4.79 Å². The van der Waals surface area contributed by atoms with Gasteiger partial charge < -0.3 is 10.2 Å². The second kappa shape index (κ2) is 5.07. The molecule has 0 radical (unpaired) electrons. The molecular weight excluding hydrogens is 236 g/mol. The molecule has 1 atom stereocenters. The van der Waals surface area contributed by atoms with E-state index in [4.69, 9.17) is 11.6 Å². The van der Waals surface area contributed by atoms with Crippen molar-refractivity contribution in [2.24, 2.45) is 0 Å². The number of hydrogen-bond acceptors (Lipinski definition) is 2. The van der Waals surface area contributed by atoms with Crippen LogP contribution in [0.25, 0.3) is 0 Å². The van der Waals surface area contributed by atoms with Crippen LogP contribution in [0.2, 0.25) is 5.02 Å². The summed E-state index contributed by atoms with van der Waals surface area (Å²) in [5, 5.41) is 3.87. The van der Waals surface area contributed by atoms with Crippen molar-refractivity contribution in [1.29, 1.82) is 0 Å². The molecule has 1 aliphatic rings. The number of carbonyl (C=O) groups excluding carboxylic acids is 1. The van der Waals surface area contributed by atoms with Gasteiger partial charge in [-0.15, -0.1) is 0 Å². The van der Waals surface area contributed by atoms with Crippen LogP contribution in [-0.2, 0) is 4.79 Å². The molecule has 0 aromatic heterocycles. The molecule has 1 heterocycles. The Labute approximate surface area is 107 Å². The van der Waals surface area contributed by atoms with Crippen LogP contribution in [0.3, 0.4) is 0 Å². The fourth-order valence-electron chi connectivity index (χ4n) is 2.33. The highest BCUT2D eigenvalue weighted by atomic mass is 35.5. The SMILES string of the molecule is CNCCC1CC(=O)N(C)c2ccc(Cl)cc21. The van der Waals surface area contributed by atoms with Gasteiger partial charge in [-0.3, -0.25) is 4.79 Å². The molecule has 92 valence electrons. The molecule has 1 aliphatic heterocycles. The van der Waals surface area contributed by atoms with Crippen LogP contribution in [0.5, 0.6) is 0 Å². The molecule has 0 spiro atoms. The van der Waals surface area contributed by atoms with Crippen molar-refractivity contribution in [2.75, 3.05) is 25.5 Å². The monoisotopic (exact) mass is 252 g/mol. The van der Waals surface area contributed by atoms with E-state index in [0.717, 1.165) is 23.7 Å². The molecule has 1 unspecified atom stereocenters. The van der Waals surface area contributed by atoms with Gasteiger partial charge in [0.1, 0.15) is 0 Å². The van der Waals surface area contributed by atoms with E-state index in [9.17, 15) is 4.79 Å². The second-order valence-electron chi connectivity index (χ2n) is 4.45. The molecule has 0 saturated heterocycles. The van der Waals surface area contributed by atoms with E-state index in [2.05, 4.69) is 5.32 Å². The highest BCUT2D eigenvalue weighted by Crippen LogP contribution is 2.38. The lowest BCUT2D eigenvalue weighted by Gasteiger charge is -2.31. The van der Waals surface area contributed by atoms with Gasteiger partial charge in [0.15, 0.2) is 0 Å². The first-order chi connectivity index (χ1) is 8.13. The van der Waals surface area contributed by atoms with E-state index < -0.39 is 0 Å². The zero-order chi connectivity index (χ0) is 12.4. The molecule has 0 saturated carbocycles. The molecule has 0 aliphatic carbocycles. The Morgan fingerprint density at radius 2 is 2.29 bits per heavy atom. The summed E-state index contributed by atoms with van der Waals surface area (Å²) in [4.78, 5) is 13.6. The lowest BCUT2D eigenvalue weighted by atomic mass is 9.87. The van der Waals surface area contributed by atoms with Crippen molar-refractivity contribution >= 4 is 23.2 Å². The summed E-state index contributed by atoms with van der Waals surface area (Å²) in [5.74, 6) is 0.459. The minimum Gasteiger partial charge on any atom is -0.320 e. The predicted molar refractivity (Wildman–Crippen MR) is 70.8 cm³/mol. The Kier molecular flexibility index (Phi) is 3.69. The minimum absolute atomic E-state index is 0.181. The average molecular weight is 253 g/mol. The molecule has 1 N–H and O–H groups in total. The normalized spacial score (nSPS) is 19.4. The number of anilines is 1. The standard InChI is InChI=1S/C13H17ClN2O/c1-15-6-5-9-7-13(17)16(2)12-4-3-10(14)8-11(9)12/h3-4,8-9,15H,5-7H2,1-2H3. The molecule has 4 heteroatoms. The number of hydrogen-bond donors (Lipinski definition) is 1. The van der Waals surface area contributed by atoms with Crippen molar-refractivity contribution in [3.05, 3.63) is 28.8 Å². The van der Waals surface area contributed by atoms with E-state index in [1.165, 1.54) is 5.56 Å². The van der Waals surface area contributed by atoms with Gasteiger partial charge in [0.2, 0.25) is 5.91 Å². The maximum Gasteiger partial charge on any atom is 0.227 e. The first-order valence-electron chi connectivity index (χ1n) is 5.84. The topological polar surface area (TPSA) is 32.3 Å². The largest absolute Gasteiger partial charge is 0.320 e. The number of halogens is 1. The van der Waals surface area contributed by atoms with Gasteiger partial charge in [0.25, 0.3) is 0 Å². The lowest BCUT2D eigenvalue weighted by Crippen LogP contribution is -2.33. The Bertz CT molecular complexity index is 433. The van der Waals surface area contributed by atoms with Crippen molar-refractivity contribution in [3.63, 3.8) is 0 Å². The van der Waals surface area contributed by atoms with E-state index in [1.54, 1.807) is 4.90 Å². The van der Waals surface area contributed by atoms with E-state index in [1.807, 2.05) is 32.3 Å². The van der Waals surface area contributed by atoms with Gasteiger partial charge >= 0.3 is 0 Å². The van der Waals surface area contributed by atoms with E-state index in [-0.39, 0.29) is 11.8 Å². The van der Waals surface area contributed by atoms with Crippen molar-refractivity contribution in [2.45, 2.75) is 18.8 Å². The number of fused-ring (bicyclic) bond motifs is 1. The van der Waals surface area contributed by atoms with Crippen molar-refractivity contribution in [1.82, 2.24) is 5.32 Å². The molecule has 0 bridgehead atoms. The summed E-state index contributed by atoms with van der Waals surface area (Å²) in [6, 6.07) is 5.76. The number of benzene rings is 1. The zero-order valence-corrected chi connectivity index (χ0v) is 10.9. The summed E-state index contributed by atoms with van der Waals surface area (Å²) in [7, 11) is 3.75. The first kappa shape index (κ1) is 12.4. The number of carbonyl (C=O) groups is 1. The molecule has 1 aromatic rings. The highest BCUT2D eigenvalue weighted by Gasteiger charge is 2.28. The first-order valence-corrected chi connectivity index (χ1v) is 6.22. The Morgan fingerprint density at radius 1 is 1.53 bits per heavy atom. The summed E-state index contributed by atoms with van der Waals surface area (Å²) < 4.78 is 0. The minimum atomic E-state index is 0.181. The molecule has 1 aromatic carbocycles. The number of nitrogens with one attached hydrogen (secondary N) is 1. The quantitative estimate of drug-likeness (QED) is 0.896. The molecule has 1 amide bonds. The van der Waals surface area contributed by atoms with Crippen LogP contribution in [0, 0.1) is 0 Å². The maximum atomic E-state index is 11.9. The summed E-state index contributed by atoms with van der Waals surface area (Å²) >= 11 is 6.04. The lowest BCUT2D eigenvalue weighted by molar-refractivity contribution is -0.119. The Hall–Kier alpha value is -1.06. The fourth-order valence-corrected chi connectivity index (χ4v) is 2.51. The van der Waals surface area contributed by atoms with Crippen LogP contribution in [0.1, 0.15) is 24.3 Å². The van der Waals surface area contributed by atoms with Crippen molar-refractivity contribution in [3.8, 4) is 0 Å². The van der Waals surface area contributed by atoms with Gasteiger partial charge in [0, 0.05) is 24.2 Å². The smallest absolute Gasteiger partial charge is 0.227 e. The van der Waals surface area contributed by atoms with Gasteiger partial charge in [-0.1, -0.05) is 11.6 Å². The van der Waals surface area contributed by atoms with Crippen LogP contribution in [0.4, 0.5) is 5.69 Å². The van der Waals surface area contributed by atoms with Crippen LogP contribution in [-0.4, -0.2) is 26.5 Å². The number of rotatable bonds is 3. The summed E-state index contributed by atoms with van der Waals surface area (Å²) in [6.45, 7) is 0.910. The van der Waals surface area contributed by atoms with Gasteiger partial charge in [-0.2, -0.15) is 0 Å². The van der Waals surface area contributed by atoms with E-state index >= 15 is 0 Å².